The molecule has 0 saturated heterocycles. The molecule has 172 valence electrons. The zero-order chi connectivity index (χ0) is 23.5. The minimum absolute atomic E-state index is 0.310. The molecule has 9 heteroatoms. The van der Waals surface area contributed by atoms with Crippen LogP contribution in [0.25, 0.3) is 10.2 Å². The molecule has 2 aromatic carbocycles. The monoisotopic (exact) mass is 482 g/mol. The van der Waals surface area contributed by atoms with Gasteiger partial charge in [0, 0.05) is 18.0 Å². The van der Waals surface area contributed by atoms with Gasteiger partial charge < -0.3 is 4.90 Å². The summed E-state index contributed by atoms with van der Waals surface area (Å²) in [5, 5.41) is 0.584. The molecular weight excluding hydrogens is 456 g/mol. The number of hydrogen-bond acceptors (Lipinski definition) is 7. The molecular formula is C24H26N4O3S2. The topological polar surface area (TPSA) is 73.8 Å². The maximum Gasteiger partial charge on any atom is 0.262 e. The van der Waals surface area contributed by atoms with Crippen LogP contribution in [0.2, 0.25) is 0 Å². The number of amides is 3. The van der Waals surface area contributed by atoms with E-state index in [1.165, 1.54) is 11.3 Å². The van der Waals surface area contributed by atoms with Crippen LogP contribution in [0.5, 0.6) is 0 Å². The van der Waals surface area contributed by atoms with Gasteiger partial charge in [0.05, 0.1) is 21.3 Å². The maximum absolute atomic E-state index is 13.5. The standard InChI is InChI=1S/C24H26N4O3S2/c1-4-26(5-2)13-14-27(24-25-21-18(32-3)11-8-12-19(21)33-24)20(29)15-28-22(30)16-9-6-7-10-17(16)23(28)31/h6-12H,4-5,13-15H2,1-3H3. The van der Waals surface area contributed by atoms with E-state index in [4.69, 9.17) is 4.98 Å². The van der Waals surface area contributed by atoms with Crippen molar-refractivity contribution >= 4 is 56.2 Å². The fourth-order valence-corrected chi connectivity index (χ4v) is 5.57. The van der Waals surface area contributed by atoms with Gasteiger partial charge in [0.2, 0.25) is 5.91 Å². The Hall–Kier alpha value is -2.75. The number of para-hydroxylation sites is 1. The van der Waals surface area contributed by atoms with Crippen LogP contribution in [-0.2, 0) is 4.79 Å². The molecule has 33 heavy (non-hydrogen) atoms. The zero-order valence-corrected chi connectivity index (χ0v) is 20.5. The van der Waals surface area contributed by atoms with E-state index in [1.54, 1.807) is 40.9 Å². The van der Waals surface area contributed by atoms with Crippen molar-refractivity contribution in [3.63, 3.8) is 0 Å². The SMILES string of the molecule is CCN(CC)CCN(C(=O)CN1C(=O)c2ccccc2C1=O)c1nc2c(SC)cccc2s1. The van der Waals surface area contributed by atoms with Crippen molar-refractivity contribution < 1.29 is 14.4 Å². The van der Waals surface area contributed by atoms with Crippen LogP contribution < -0.4 is 4.90 Å². The quantitative estimate of drug-likeness (QED) is 0.339. The predicted octanol–water partition coefficient (Wildman–Crippen LogP) is 3.99. The van der Waals surface area contributed by atoms with Gasteiger partial charge in [-0.3, -0.25) is 24.2 Å². The van der Waals surface area contributed by atoms with Crippen molar-refractivity contribution in [2.45, 2.75) is 18.7 Å². The van der Waals surface area contributed by atoms with E-state index in [2.05, 4.69) is 18.7 Å². The van der Waals surface area contributed by atoms with E-state index in [-0.39, 0.29) is 12.5 Å². The van der Waals surface area contributed by atoms with E-state index in [0.29, 0.717) is 29.3 Å². The van der Waals surface area contributed by atoms with Gasteiger partial charge in [-0.05, 0) is 43.6 Å². The van der Waals surface area contributed by atoms with E-state index in [9.17, 15) is 14.4 Å². The summed E-state index contributed by atoms with van der Waals surface area (Å²) in [6, 6.07) is 12.7. The number of anilines is 1. The third kappa shape index (κ3) is 4.53. The highest BCUT2D eigenvalue weighted by atomic mass is 32.2. The summed E-state index contributed by atoms with van der Waals surface area (Å²) in [7, 11) is 0. The van der Waals surface area contributed by atoms with E-state index in [1.807, 2.05) is 24.5 Å². The minimum Gasteiger partial charge on any atom is -0.302 e. The highest BCUT2D eigenvalue weighted by Crippen LogP contribution is 2.34. The van der Waals surface area contributed by atoms with Crippen LogP contribution in [0.4, 0.5) is 5.13 Å². The van der Waals surface area contributed by atoms with Crippen LogP contribution >= 0.6 is 23.1 Å². The smallest absolute Gasteiger partial charge is 0.262 e. The average molecular weight is 483 g/mol. The lowest BCUT2D eigenvalue weighted by Crippen LogP contribution is -2.45. The van der Waals surface area contributed by atoms with Gasteiger partial charge in [-0.1, -0.05) is 43.4 Å². The highest BCUT2D eigenvalue weighted by molar-refractivity contribution is 7.98. The van der Waals surface area contributed by atoms with Gasteiger partial charge in [-0.2, -0.15) is 0 Å². The number of thioether (sulfide) groups is 1. The fraction of sp³-hybridized carbons (Fsp3) is 0.333. The highest BCUT2D eigenvalue weighted by Gasteiger charge is 2.37. The Labute approximate surface area is 201 Å². The first-order valence-corrected chi connectivity index (χ1v) is 12.9. The number of carbonyl (C=O) groups excluding carboxylic acids is 3. The summed E-state index contributed by atoms with van der Waals surface area (Å²) in [5.41, 5.74) is 1.55. The molecule has 2 heterocycles. The third-order valence-corrected chi connectivity index (χ3v) is 7.64. The number of benzene rings is 2. The molecule has 0 atom stereocenters. The minimum atomic E-state index is -0.429. The number of carbonyl (C=O) groups is 3. The van der Waals surface area contributed by atoms with E-state index in [0.717, 1.165) is 33.1 Å². The van der Waals surface area contributed by atoms with Crippen LogP contribution in [0, 0.1) is 0 Å². The van der Waals surface area contributed by atoms with Gasteiger partial charge in [-0.15, -0.1) is 11.8 Å². The van der Waals surface area contributed by atoms with Crippen molar-refractivity contribution in [1.82, 2.24) is 14.8 Å². The van der Waals surface area contributed by atoms with Crippen LogP contribution in [0.1, 0.15) is 34.6 Å². The molecule has 0 radical (unpaired) electrons. The first kappa shape index (κ1) is 23.4. The Morgan fingerprint density at radius 1 is 1.00 bits per heavy atom. The molecule has 0 bridgehead atoms. The predicted molar refractivity (Wildman–Crippen MR) is 133 cm³/mol. The molecule has 0 spiro atoms. The number of likely N-dealkylation sites (N-methyl/N-ethyl adjacent to an activating group) is 1. The van der Waals surface area contributed by atoms with Gasteiger partial charge in [0.1, 0.15) is 6.54 Å². The Bertz CT molecular complexity index is 1170. The molecule has 1 aliphatic heterocycles. The van der Waals surface area contributed by atoms with Gasteiger partial charge in [0.15, 0.2) is 5.13 Å². The molecule has 1 aliphatic rings. The second kappa shape index (κ2) is 10.0. The summed E-state index contributed by atoms with van der Waals surface area (Å²) in [6.07, 6.45) is 2.00. The lowest BCUT2D eigenvalue weighted by atomic mass is 10.1. The molecule has 0 N–H and O–H groups in total. The molecule has 3 aromatic rings. The van der Waals surface area contributed by atoms with Crippen LogP contribution in [-0.4, -0.2) is 71.5 Å². The molecule has 0 fully saturated rings. The van der Waals surface area contributed by atoms with Crippen molar-refractivity contribution in [2.75, 3.05) is 43.9 Å². The zero-order valence-electron chi connectivity index (χ0n) is 18.9. The molecule has 0 saturated carbocycles. The van der Waals surface area contributed by atoms with Crippen molar-refractivity contribution in [2.24, 2.45) is 0 Å². The Morgan fingerprint density at radius 3 is 2.27 bits per heavy atom. The summed E-state index contributed by atoms with van der Waals surface area (Å²) >= 11 is 3.06. The fourth-order valence-electron chi connectivity index (χ4n) is 3.90. The Balaban J connectivity index is 1.63. The van der Waals surface area contributed by atoms with Crippen LogP contribution in [0.3, 0.4) is 0 Å². The third-order valence-electron chi connectivity index (χ3n) is 5.83. The van der Waals surface area contributed by atoms with Gasteiger partial charge in [0.25, 0.3) is 11.8 Å². The second-order valence-electron chi connectivity index (χ2n) is 7.62. The molecule has 4 rings (SSSR count). The van der Waals surface area contributed by atoms with Crippen molar-refractivity contribution in [1.29, 1.82) is 0 Å². The maximum atomic E-state index is 13.5. The van der Waals surface area contributed by atoms with Gasteiger partial charge >= 0.3 is 0 Å². The normalized spacial score (nSPS) is 13.3. The second-order valence-corrected chi connectivity index (χ2v) is 9.47. The lowest BCUT2D eigenvalue weighted by molar-refractivity contribution is -0.119. The molecule has 3 amide bonds. The Morgan fingerprint density at radius 2 is 1.67 bits per heavy atom. The molecule has 0 unspecified atom stereocenters. The largest absolute Gasteiger partial charge is 0.302 e. The first-order chi connectivity index (χ1) is 16.0. The first-order valence-electron chi connectivity index (χ1n) is 10.9. The van der Waals surface area contributed by atoms with E-state index < -0.39 is 11.8 Å². The lowest BCUT2D eigenvalue weighted by Gasteiger charge is -2.26. The number of nitrogens with zero attached hydrogens (tertiary/aromatic N) is 4. The van der Waals surface area contributed by atoms with Crippen LogP contribution in [0.15, 0.2) is 47.4 Å². The molecule has 0 aliphatic carbocycles. The average Bonchev–Trinajstić information content (AvgIpc) is 3.37. The number of hydrogen-bond donors (Lipinski definition) is 0. The number of rotatable bonds is 9. The molecule has 7 nitrogen and oxygen atoms in total. The Kier molecular flexibility index (Phi) is 7.11. The van der Waals surface area contributed by atoms with Crippen molar-refractivity contribution in [3.8, 4) is 0 Å². The molecule has 1 aromatic heterocycles. The summed E-state index contributed by atoms with van der Waals surface area (Å²) in [4.78, 5) is 49.8. The summed E-state index contributed by atoms with van der Waals surface area (Å²) in [5.74, 6) is -1.18. The van der Waals surface area contributed by atoms with Crippen molar-refractivity contribution in [3.05, 3.63) is 53.6 Å². The number of aromatic nitrogens is 1. The number of imide groups is 1. The van der Waals surface area contributed by atoms with E-state index >= 15 is 0 Å². The van der Waals surface area contributed by atoms with Gasteiger partial charge in [-0.25, -0.2) is 4.98 Å². The number of thiazole rings is 1. The number of fused-ring (bicyclic) bond motifs is 2. The summed E-state index contributed by atoms with van der Waals surface area (Å²) < 4.78 is 0.998. The summed E-state index contributed by atoms with van der Waals surface area (Å²) in [6.45, 7) is 6.69.